The Hall–Kier alpha value is -3.86. The summed E-state index contributed by atoms with van der Waals surface area (Å²) in [5.74, 6) is -1.19. The second-order valence-electron chi connectivity index (χ2n) is 10.6. The van der Waals surface area contributed by atoms with Crippen molar-refractivity contribution in [2.24, 2.45) is 0 Å². The summed E-state index contributed by atoms with van der Waals surface area (Å²) in [6.45, 7) is 7.33. The predicted octanol–water partition coefficient (Wildman–Crippen LogP) is 6.41. The van der Waals surface area contributed by atoms with E-state index in [1.165, 1.54) is 30.6 Å². The van der Waals surface area contributed by atoms with E-state index in [1.807, 2.05) is 18.2 Å². The minimum atomic E-state index is -3.57. The van der Waals surface area contributed by atoms with Crippen LogP contribution < -0.4 is 4.72 Å². The Morgan fingerprint density at radius 2 is 1.68 bits per heavy atom. The number of hydrogen-bond donors (Lipinski definition) is 1. The second-order valence-corrected chi connectivity index (χ2v) is 12.8. The zero-order chi connectivity index (χ0) is 29.4. The molecular formula is C30H32F2N6O2S. The third-order valence-corrected chi connectivity index (χ3v) is 9.70. The molecule has 0 bridgehead atoms. The van der Waals surface area contributed by atoms with Gasteiger partial charge in [0.05, 0.1) is 39.0 Å². The Kier molecular flexibility index (Phi) is 7.83. The monoisotopic (exact) mass is 578 g/mol. The van der Waals surface area contributed by atoms with Gasteiger partial charge >= 0.3 is 0 Å². The number of hydrogen-bond acceptors (Lipinski definition) is 7. The molecule has 0 fully saturated rings. The summed E-state index contributed by atoms with van der Waals surface area (Å²) in [5.41, 5.74) is 3.22. The van der Waals surface area contributed by atoms with Crippen LogP contribution in [0.5, 0.6) is 0 Å². The van der Waals surface area contributed by atoms with Crippen molar-refractivity contribution in [1.82, 2.24) is 25.1 Å². The Balaban J connectivity index is 1.55. The van der Waals surface area contributed by atoms with Crippen molar-refractivity contribution in [3.63, 3.8) is 0 Å². The number of sulfonamides is 1. The Morgan fingerprint density at radius 1 is 1.00 bits per heavy atom. The summed E-state index contributed by atoms with van der Waals surface area (Å²) >= 11 is 0. The minimum Gasteiger partial charge on any atom is -0.252 e. The van der Waals surface area contributed by atoms with Crippen LogP contribution in [0, 0.1) is 11.6 Å². The number of rotatable bonds is 8. The average molecular weight is 579 g/mol. The predicted molar refractivity (Wildman–Crippen MR) is 154 cm³/mol. The van der Waals surface area contributed by atoms with Crippen LogP contribution in [-0.2, 0) is 15.4 Å². The molecule has 5 rings (SSSR count). The highest BCUT2D eigenvalue weighted by Crippen LogP contribution is 2.49. The number of nitrogens with one attached hydrogen (secondary N) is 1. The van der Waals surface area contributed by atoms with E-state index in [9.17, 15) is 17.2 Å². The molecule has 41 heavy (non-hydrogen) atoms. The molecule has 11 heteroatoms. The lowest BCUT2D eigenvalue weighted by atomic mass is 9.65. The summed E-state index contributed by atoms with van der Waals surface area (Å²) in [4.78, 5) is 13.4. The normalized spacial score (nSPS) is 18.8. The number of benzene rings is 1. The first-order valence-corrected chi connectivity index (χ1v) is 15.3. The second kappa shape index (κ2) is 11.2. The zero-order valence-corrected chi connectivity index (χ0v) is 24.2. The topological polar surface area (TPSA) is 111 Å². The van der Waals surface area contributed by atoms with Crippen LogP contribution in [-0.4, -0.2) is 38.8 Å². The Bertz CT molecular complexity index is 1660. The van der Waals surface area contributed by atoms with Crippen molar-refractivity contribution in [1.29, 1.82) is 0 Å². The molecule has 0 amide bonds. The van der Waals surface area contributed by atoms with Crippen molar-refractivity contribution in [3.05, 3.63) is 83.4 Å². The first-order valence-electron chi connectivity index (χ1n) is 13.7. The van der Waals surface area contributed by atoms with Crippen molar-refractivity contribution in [3.8, 4) is 22.5 Å². The van der Waals surface area contributed by atoms with Crippen molar-refractivity contribution < 1.29 is 17.2 Å². The molecule has 2 atom stereocenters. The van der Waals surface area contributed by atoms with Crippen LogP contribution in [0.25, 0.3) is 22.5 Å². The molecule has 3 aromatic heterocycles. The van der Waals surface area contributed by atoms with Crippen LogP contribution >= 0.6 is 0 Å². The summed E-state index contributed by atoms with van der Waals surface area (Å²) in [7, 11) is -3.57. The van der Waals surface area contributed by atoms with Gasteiger partial charge in [0.1, 0.15) is 11.6 Å². The lowest BCUT2D eigenvalue weighted by Crippen LogP contribution is -2.35. The Morgan fingerprint density at radius 3 is 2.32 bits per heavy atom. The summed E-state index contributed by atoms with van der Waals surface area (Å²) in [6, 6.07) is 11.3. The molecule has 4 aromatic rings. The maximum absolute atomic E-state index is 14.6. The van der Waals surface area contributed by atoms with E-state index in [2.05, 4.69) is 38.7 Å². The first kappa shape index (κ1) is 28.7. The molecule has 0 unspecified atom stereocenters. The van der Waals surface area contributed by atoms with Gasteiger partial charge < -0.3 is 0 Å². The quantitative estimate of drug-likeness (QED) is 0.257. The molecular weight excluding hydrogens is 546 g/mol. The van der Waals surface area contributed by atoms with E-state index >= 15 is 0 Å². The molecule has 1 aliphatic carbocycles. The molecule has 0 aliphatic heterocycles. The van der Waals surface area contributed by atoms with Gasteiger partial charge in [0.15, 0.2) is 0 Å². The highest BCUT2D eigenvalue weighted by Gasteiger charge is 2.43. The van der Waals surface area contributed by atoms with E-state index in [-0.39, 0.29) is 23.1 Å². The molecule has 1 aliphatic rings. The molecule has 3 heterocycles. The van der Waals surface area contributed by atoms with E-state index in [1.54, 1.807) is 19.9 Å². The standard InChI is InChI=1S/C30H32F2N6O2S/c1-5-19-13-14-30(6-2,28-21(19)15-25(36-37-28)27-22(31)9-7-10-23(27)32)26-12-8-11-24(35-26)20-16-33-29(34-17-20)38-41(39,40)18(3)4/h7-12,15-19H,5-6,13-14H2,1-4H3,(H,33,34,38)/t19-,30+/m0/s1. The van der Waals surface area contributed by atoms with Gasteiger partial charge in [-0.3, -0.25) is 9.71 Å². The summed E-state index contributed by atoms with van der Waals surface area (Å²) in [5, 5.41) is 8.32. The number of anilines is 1. The van der Waals surface area contributed by atoms with Gasteiger partial charge in [-0.05, 0) is 81.3 Å². The fraction of sp³-hybridized carbons (Fsp3) is 0.367. The molecule has 8 nitrogen and oxygen atoms in total. The van der Waals surface area contributed by atoms with Crippen LogP contribution in [0.4, 0.5) is 14.7 Å². The highest BCUT2D eigenvalue weighted by molar-refractivity contribution is 7.93. The lowest BCUT2D eigenvalue weighted by molar-refractivity contribution is 0.353. The number of nitrogens with zero attached hydrogens (tertiary/aromatic N) is 5. The maximum atomic E-state index is 14.6. The average Bonchev–Trinajstić information content (AvgIpc) is 2.96. The largest absolute Gasteiger partial charge is 0.252 e. The van der Waals surface area contributed by atoms with Crippen LogP contribution in [0.15, 0.2) is 54.9 Å². The molecule has 1 N–H and O–H groups in total. The van der Waals surface area contributed by atoms with Gasteiger partial charge in [-0.25, -0.2) is 27.2 Å². The zero-order valence-electron chi connectivity index (χ0n) is 23.4. The SMILES string of the molecule is CC[C@H]1CC[C@](CC)(c2cccc(-c3cnc(NS(=O)(=O)C(C)C)nc3)n2)c2nnc(-c3c(F)cccc3F)cc21. The molecule has 0 radical (unpaired) electrons. The molecule has 0 spiro atoms. The highest BCUT2D eigenvalue weighted by atomic mass is 32.2. The molecule has 214 valence electrons. The molecule has 0 saturated carbocycles. The first-order chi connectivity index (χ1) is 19.6. The van der Waals surface area contributed by atoms with Gasteiger partial charge in [-0.2, -0.15) is 5.10 Å². The van der Waals surface area contributed by atoms with E-state index in [0.717, 1.165) is 36.2 Å². The van der Waals surface area contributed by atoms with Gasteiger partial charge in [0.25, 0.3) is 0 Å². The smallest absolute Gasteiger partial charge is 0.237 e. The van der Waals surface area contributed by atoms with Gasteiger partial charge in [0.2, 0.25) is 16.0 Å². The van der Waals surface area contributed by atoms with Crippen molar-refractivity contribution in [2.75, 3.05) is 4.72 Å². The fourth-order valence-electron chi connectivity index (χ4n) is 5.47. The number of fused-ring (bicyclic) bond motifs is 1. The number of pyridine rings is 1. The van der Waals surface area contributed by atoms with Crippen LogP contribution in [0.1, 0.15) is 76.2 Å². The fourth-order valence-corrected chi connectivity index (χ4v) is 6.06. The third-order valence-electron chi connectivity index (χ3n) is 7.99. The van der Waals surface area contributed by atoms with Crippen molar-refractivity contribution >= 4 is 16.0 Å². The lowest BCUT2D eigenvalue weighted by Gasteiger charge is -2.40. The van der Waals surface area contributed by atoms with E-state index in [4.69, 9.17) is 4.98 Å². The summed E-state index contributed by atoms with van der Waals surface area (Å²) < 4.78 is 56.0. The Labute approximate surface area is 238 Å². The third kappa shape index (κ3) is 5.30. The van der Waals surface area contributed by atoms with Crippen molar-refractivity contribution in [2.45, 2.75) is 70.0 Å². The maximum Gasteiger partial charge on any atom is 0.237 e. The minimum absolute atomic E-state index is 0.00665. The van der Waals surface area contributed by atoms with Gasteiger partial charge in [0, 0.05) is 18.0 Å². The van der Waals surface area contributed by atoms with Crippen LogP contribution in [0.2, 0.25) is 0 Å². The molecule has 1 aromatic carbocycles. The summed E-state index contributed by atoms with van der Waals surface area (Å²) in [6.07, 6.45) is 6.28. The van der Waals surface area contributed by atoms with Gasteiger partial charge in [-0.1, -0.05) is 26.0 Å². The van der Waals surface area contributed by atoms with Crippen LogP contribution in [0.3, 0.4) is 0 Å². The van der Waals surface area contributed by atoms with E-state index < -0.39 is 32.3 Å². The van der Waals surface area contributed by atoms with E-state index in [0.29, 0.717) is 17.7 Å². The number of aromatic nitrogens is 5. The molecule has 0 saturated heterocycles. The number of halogens is 2. The van der Waals surface area contributed by atoms with Gasteiger partial charge in [-0.15, -0.1) is 5.10 Å².